The Morgan fingerprint density at radius 3 is 2.50 bits per heavy atom. The molecule has 26 heavy (non-hydrogen) atoms. The van der Waals surface area contributed by atoms with Gasteiger partial charge in [0, 0.05) is 11.6 Å². The van der Waals surface area contributed by atoms with Crippen LogP contribution in [0.25, 0.3) is 10.2 Å². The van der Waals surface area contributed by atoms with E-state index in [0.29, 0.717) is 5.13 Å². The largest absolute Gasteiger partial charge is 0.298 e. The van der Waals surface area contributed by atoms with Crippen LogP contribution in [0.3, 0.4) is 0 Å². The Morgan fingerprint density at radius 1 is 1.15 bits per heavy atom. The number of nitrogens with zero attached hydrogens (tertiary/aromatic N) is 3. The normalized spacial score (nSPS) is 10.7. The fourth-order valence-electron chi connectivity index (χ4n) is 2.52. The van der Waals surface area contributed by atoms with E-state index in [1.165, 1.54) is 18.3 Å². The van der Waals surface area contributed by atoms with Crippen molar-refractivity contribution in [2.75, 3.05) is 5.32 Å². The number of rotatable bonds is 4. The van der Waals surface area contributed by atoms with E-state index >= 15 is 0 Å². The first-order valence-electron chi connectivity index (χ1n) is 7.39. The molecule has 0 atom stereocenters. The van der Waals surface area contributed by atoms with Crippen molar-refractivity contribution >= 4 is 44.0 Å². The van der Waals surface area contributed by atoms with Crippen LogP contribution in [0.15, 0.2) is 30.3 Å². The number of carbonyl (C=O) groups is 1. The maximum Gasteiger partial charge on any atom is 0.279 e. The van der Waals surface area contributed by atoms with Crippen LogP contribution < -0.4 is 5.32 Å². The van der Waals surface area contributed by atoms with E-state index in [4.69, 9.17) is 0 Å². The molecule has 0 bridgehead atoms. The Balaban J connectivity index is 2.02. The zero-order chi connectivity index (χ0) is 19.0. The van der Waals surface area contributed by atoms with Gasteiger partial charge in [0.2, 0.25) is 0 Å². The highest BCUT2D eigenvalue weighted by atomic mass is 32.1. The van der Waals surface area contributed by atoms with Crippen LogP contribution in [0.5, 0.6) is 0 Å². The van der Waals surface area contributed by atoms with Crippen LogP contribution in [-0.2, 0) is 0 Å². The van der Waals surface area contributed by atoms with Crippen LogP contribution in [0.2, 0.25) is 0 Å². The lowest BCUT2D eigenvalue weighted by atomic mass is 10.0. The number of nitrogens with one attached hydrogen (secondary N) is 1. The standard InChI is InChI=1S/C16H12N4O5S/c1-8-4-3-5-13-14(8)17-16(26-13)18-15(21)11-6-10(19(22)23)7-12(9(11)2)20(24)25/h3-7H,1-2H3,(H,17,18,21). The molecule has 0 aliphatic rings. The molecule has 1 heterocycles. The van der Waals surface area contributed by atoms with Gasteiger partial charge in [-0.1, -0.05) is 23.5 Å². The summed E-state index contributed by atoms with van der Waals surface area (Å²) in [6.45, 7) is 3.26. The number of fused-ring (bicyclic) bond motifs is 1. The maximum atomic E-state index is 12.6. The molecule has 9 nitrogen and oxygen atoms in total. The van der Waals surface area contributed by atoms with Crippen molar-refractivity contribution in [3.05, 3.63) is 67.3 Å². The number of para-hydroxylation sites is 1. The number of nitro groups is 2. The second kappa shape index (κ2) is 6.48. The fraction of sp³-hybridized carbons (Fsp3) is 0.125. The minimum absolute atomic E-state index is 0.0513. The number of anilines is 1. The van der Waals surface area contributed by atoms with Crippen molar-refractivity contribution in [1.29, 1.82) is 0 Å². The van der Waals surface area contributed by atoms with Crippen LogP contribution >= 0.6 is 11.3 Å². The number of non-ortho nitro benzene ring substituents is 1. The third kappa shape index (κ3) is 3.09. The first-order chi connectivity index (χ1) is 12.3. The molecule has 3 rings (SSSR count). The Hall–Kier alpha value is -3.40. The van der Waals surface area contributed by atoms with Crippen molar-refractivity contribution in [1.82, 2.24) is 4.98 Å². The number of thiazole rings is 1. The molecule has 2 aromatic carbocycles. The van der Waals surface area contributed by atoms with E-state index < -0.39 is 27.1 Å². The van der Waals surface area contributed by atoms with Gasteiger partial charge < -0.3 is 0 Å². The van der Waals surface area contributed by atoms with E-state index in [2.05, 4.69) is 10.3 Å². The van der Waals surface area contributed by atoms with Gasteiger partial charge in [-0.15, -0.1) is 0 Å². The third-order valence-electron chi connectivity index (χ3n) is 3.86. The van der Waals surface area contributed by atoms with Crippen molar-refractivity contribution in [2.24, 2.45) is 0 Å². The zero-order valence-corrected chi connectivity index (χ0v) is 14.5. The topological polar surface area (TPSA) is 128 Å². The molecule has 3 aromatic rings. The van der Waals surface area contributed by atoms with E-state index in [-0.39, 0.29) is 11.1 Å². The quantitative estimate of drug-likeness (QED) is 0.545. The molecule has 0 aliphatic heterocycles. The smallest absolute Gasteiger partial charge is 0.279 e. The average Bonchev–Trinajstić information content (AvgIpc) is 2.98. The molecular weight excluding hydrogens is 360 g/mol. The fourth-order valence-corrected chi connectivity index (χ4v) is 3.46. The summed E-state index contributed by atoms with van der Waals surface area (Å²) >= 11 is 1.25. The molecular formula is C16H12N4O5S. The second-order valence-corrected chi connectivity index (χ2v) is 6.58. The van der Waals surface area contributed by atoms with Crippen molar-refractivity contribution in [3.63, 3.8) is 0 Å². The third-order valence-corrected chi connectivity index (χ3v) is 4.79. The lowest BCUT2D eigenvalue weighted by molar-refractivity contribution is -0.394. The van der Waals surface area contributed by atoms with E-state index in [0.717, 1.165) is 27.9 Å². The zero-order valence-electron chi connectivity index (χ0n) is 13.7. The number of hydrogen-bond acceptors (Lipinski definition) is 7. The van der Waals surface area contributed by atoms with Crippen LogP contribution in [-0.4, -0.2) is 20.7 Å². The van der Waals surface area contributed by atoms with Crippen LogP contribution in [0, 0.1) is 34.1 Å². The number of aromatic nitrogens is 1. The van der Waals surface area contributed by atoms with Gasteiger partial charge in [-0.25, -0.2) is 4.98 Å². The summed E-state index contributed by atoms with van der Waals surface area (Å²) in [5.41, 5.74) is 0.602. The number of nitro benzene ring substituents is 2. The number of amides is 1. The highest BCUT2D eigenvalue weighted by Crippen LogP contribution is 2.31. The summed E-state index contributed by atoms with van der Waals surface area (Å²) in [7, 11) is 0. The highest BCUT2D eigenvalue weighted by molar-refractivity contribution is 7.22. The maximum absolute atomic E-state index is 12.6. The Bertz CT molecular complexity index is 1080. The molecule has 10 heteroatoms. The monoisotopic (exact) mass is 372 g/mol. The molecule has 0 unspecified atom stereocenters. The summed E-state index contributed by atoms with van der Waals surface area (Å²) in [5.74, 6) is -0.689. The number of benzene rings is 2. The van der Waals surface area contributed by atoms with E-state index in [1.54, 1.807) is 0 Å². The van der Waals surface area contributed by atoms with Crippen molar-refractivity contribution in [3.8, 4) is 0 Å². The summed E-state index contributed by atoms with van der Waals surface area (Å²) < 4.78 is 0.877. The lowest BCUT2D eigenvalue weighted by Gasteiger charge is -2.06. The molecule has 1 N–H and O–H groups in total. The van der Waals surface area contributed by atoms with Gasteiger partial charge in [0.25, 0.3) is 17.3 Å². The van der Waals surface area contributed by atoms with Crippen molar-refractivity contribution in [2.45, 2.75) is 13.8 Å². The SMILES string of the molecule is Cc1c(C(=O)Nc2nc3c(C)cccc3s2)cc([N+](=O)[O-])cc1[N+](=O)[O-]. The summed E-state index contributed by atoms with van der Waals surface area (Å²) in [6.07, 6.45) is 0. The minimum atomic E-state index is -0.774. The molecule has 0 spiro atoms. The Kier molecular flexibility index (Phi) is 4.34. The molecule has 0 saturated heterocycles. The molecule has 1 aromatic heterocycles. The summed E-state index contributed by atoms with van der Waals surface area (Å²) in [6, 6.07) is 7.49. The Labute approximate surface area is 150 Å². The van der Waals surface area contributed by atoms with Gasteiger partial charge in [-0.05, 0) is 25.5 Å². The number of aryl methyl sites for hydroxylation is 1. The molecule has 0 aliphatic carbocycles. The number of hydrogen-bond donors (Lipinski definition) is 1. The highest BCUT2D eigenvalue weighted by Gasteiger charge is 2.25. The Morgan fingerprint density at radius 2 is 1.88 bits per heavy atom. The number of carbonyl (C=O) groups excluding carboxylic acids is 1. The predicted octanol–water partition coefficient (Wildman–Crippen LogP) is 3.98. The van der Waals surface area contributed by atoms with Gasteiger partial charge in [-0.2, -0.15) is 0 Å². The van der Waals surface area contributed by atoms with Gasteiger partial charge in [0.15, 0.2) is 5.13 Å². The molecule has 1 amide bonds. The summed E-state index contributed by atoms with van der Waals surface area (Å²) in [4.78, 5) is 37.5. The van der Waals surface area contributed by atoms with Gasteiger partial charge in [-0.3, -0.25) is 30.3 Å². The molecule has 0 radical (unpaired) electrons. The molecule has 0 fully saturated rings. The van der Waals surface area contributed by atoms with E-state index in [1.807, 2.05) is 25.1 Å². The van der Waals surface area contributed by atoms with Gasteiger partial charge in [0.1, 0.15) is 0 Å². The minimum Gasteiger partial charge on any atom is -0.298 e. The lowest BCUT2D eigenvalue weighted by Crippen LogP contribution is -2.14. The van der Waals surface area contributed by atoms with Gasteiger partial charge in [0.05, 0.1) is 31.7 Å². The molecule has 0 saturated carbocycles. The average molecular weight is 372 g/mol. The van der Waals surface area contributed by atoms with Crippen LogP contribution in [0.4, 0.5) is 16.5 Å². The summed E-state index contributed by atoms with van der Waals surface area (Å²) in [5, 5.41) is 25.0. The van der Waals surface area contributed by atoms with Crippen LogP contribution in [0.1, 0.15) is 21.5 Å². The second-order valence-electron chi connectivity index (χ2n) is 5.55. The molecule has 132 valence electrons. The van der Waals surface area contributed by atoms with E-state index in [9.17, 15) is 25.0 Å². The first kappa shape index (κ1) is 17.4. The van der Waals surface area contributed by atoms with Crippen molar-refractivity contribution < 1.29 is 14.6 Å². The first-order valence-corrected chi connectivity index (χ1v) is 8.20. The van der Waals surface area contributed by atoms with Gasteiger partial charge >= 0.3 is 0 Å². The predicted molar refractivity (Wildman–Crippen MR) is 96.8 cm³/mol.